The molecule has 1 aliphatic rings. The quantitative estimate of drug-likeness (QED) is 0.820. The molecule has 0 aromatic carbocycles. The maximum absolute atomic E-state index is 5.76. The van der Waals surface area contributed by atoms with E-state index in [2.05, 4.69) is 24.9 Å². The van der Waals surface area contributed by atoms with Crippen LogP contribution in [0.25, 0.3) is 0 Å². The lowest BCUT2D eigenvalue weighted by Gasteiger charge is -2.04. The molecule has 1 aromatic rings. The predicted molar refractivity (Wildman–Crippen MR) is 59.9 cm³/mol. The molecule has 2 atom stereocenters. The van der Waals surface area contributed by atoms with Crippen LogP contribution in [0.15, 0.2) is 18.5 Å². The molecule has 0 amide bonds. The third kappa shape index (κ3) is 1.61. The summed E-state index contributed by atoms with van der Waals surface area (Å²) < 4.78 is 5.18. The molecule has 3 nitrogen and oxygen atoms in total. The van der Waals surface area contributed by atoms with Crippen molar-refractivity contribution in [2.75, 3.05) is 13.7 Å². The van der Waals surface area contributed by atoms with Gasteiger partial charge in [-0.1, -0.05) is 13.8 Å². The van der Waals surface area contributed by atoms with Gasteiger partial charge in [-0.3, -0.25) is 4.98 Å². The predicted octanol–water partition coefficient (Wildman–Crippen LogP) is 1.79. The standard InChI is InChI=1S/C12H18N2O/c1-12(2)10(5-13)11(12)8-4-9(15-3)7-14-6-8/h4,6-7,10-11H,5,13H2,1-3H3/t10-,11-/m1/s1. The van der Waals surface area contributed by atoms with Crippen molar-refractivity contribution in [1.29, 1.82) is 0 Å². The van der Waals surface area contributed by atoms with E-state index >= 15 is 0 Å². The maximum atomic E-state index is 5.76. The first kappa shape index (κ1) is 10.4. The highest BCUT2D eigenvalue weighted by Crippen LogP contribution is 2.63. The smallest absolute Gasteiger partial charge is 0.137 e. The second kappa shape index (κ2) is 3.49. The number of nitrogens with zero attached hydrogens (tertiary/aromatic N) is 1. The fourth-order valence-corrected chi connectivity index (χ4v) is 2.56. The van der Waals surface area contributed by atoms with Gasteiger partial charge in [0.1, 0.15) is 5.75 Å². The number of nitrogens with two attached hydrogens (primary N) is 1. The Hall–Kier alpha value is -1.09. The van der Waals surface area contributed by atoms with E-state index in [1.807, 2.05) is 6.20 Å². The number of aromatic nitrogens is 1. The Balaban J connectivity index is 2.24. The first-order valence-electron chi connectivity index (χ1n) is 5.30. The summed E-state index contributed by atoms with van der Waals surface area (Å²) in [6.45, 7) is 5.26. The summed E-state index contributed by atoms with van der Waals surface area (Å²) in [5, 5.41) is 0. The van der Waals surface area contributed by atoms with Crippen LogP contribution in [-0.4, -0.2) is 18.6 Å². The zero-order valence-electron chi connectivity index (χ0n) is 9.53. The van der Waals surface area contributed by atoms with Crippen LogP contribution >= 0.6 is 0 Å². The molecule has 1 aromatic heterocycles. The fraction of sp³-hybridized carbons (Fsp3) is 0.583. The molecule has 82 valence electrons. The third-order valence-electron chi connectivity index (χ3n) is 3.63. The minimum Gasteiger partial charge on any atom is -0.495 e. The van der Waals surface area contributed by atoms with Gasteiger partial charge in [0.05, 0.1) is 13.3 Å². The summed E-state index contributed by atoms with van der Waals surface area (Å²) in [6.07, 6.45) is 3.65. The van der Waals surface area contributed by atoms with E-state index in [0.29, 0.717) is 17.3 Å². The van der Waals surface area contributed by atoms with Gasteiger partial charge in [-0.25, -0.2) is 0 Å². The Labute approximate surface area is 90.7 Å². The van der Waals surface area contributed by atoms with E-state index in [9.17, 15) is 0 Å². The van der Waals surface area contributed by atoms with Crippen LogP contribution in [0, 0.1) is 11.3 Å². The maximum Gasteiger partial charge on any atom is 0.137 e. The minimum absolute atomic E-state index is 0.308. The van der Waals surface area contributed by atoms with Gasteiger partial charge in [-0.2, -0.15) is 0 Å². The molecule has 2 N–H and O–H groups in total. The van der Waals surface area contributed by atoms with E-state index in [1.54, 1.807) is 13.3 Å². The molecular formula is C12H18N2O. The lowest BCUT2D eigenvalue weighted by atomic mass is 10.0. The van der Waals surface area contributed by atoms with Crippen molar-refractivity contribution in [3.05, 3.63) is 24.0 Å². The lowest BCUT2D eigenvalue weighted by Crippen LogP contribution is -2.05. The molecule has 2 rings (SSSR count). The highest BCUT2D eigenvalue weighted by molar-refractivity contribution is 5.34. The van der Waals surface area contributed by atoms with Crippen LogP contribution in [0.1, 0.15) is 25.3 Å². The molecule has 1 fully saturated rings. The van der Waals surface area contributed by atoms with Crippen molar-refractivity contribution in [2.45, 2.75) is 19.8 Å². The van der Waals surface area contributed by atoms with E-state index in [-0.39, 0.29) is 0 Å². The number of hydrogen-bond donors (Lipinski definition) is 1. The molecular weight excluding hydrogens is 188 g/mol. The summed E-state index contributed by atoms with van der Waals surface area (Å²) in [7, 11) is 1.67. The SMILES string of the molecule is COc1cncc([C@@H]2[C@@H](CN)C2(C)C)c1. The van der Waals surface area contributed by atoms with Crippen LogP contribution in [0.5, 0.6) is 5.75 Å². The van der Waals surface area contributed by atoms with Crippen molar-refractivity contribution >= 4 is 0 Å². The number of methoxy groups -OCH3 is 1. The summed E-state index contributed by atoms with van der Waals surface area (Å²) in [5.74, 6) is 1.93. The molecule has 0 saturated heterocycles. The van der Waals surface area contributed by atoms with Crippen LogP contribution in [0.2, 0.25) is 0 Å². The minimum atomic E-state index is 0.308. The fourth-order valence-electron chi connectivity index (χ4n) is 2.56. The Bertz CT molecular complexity index is 362. The lowest BCUT2D eigenvalue weighted by molar-refractivity contribution is 0.412. The van der Waals surface area contributed by atoms with Crippen molar-refractivity contribution in [3.63, 3.8) is 0 Å². The van der Waals surface area contributed by atoms with E-state index < -0.39 is 0 Å². The molecule has 0 bridgehead atoms. The van der Waals surface area contributed by atoms with Crippen LogP contribution in [0.4, 0.5) is 0 Å². The molecule has 0 spiro atoms. The van der Waals surface area contributed by atoms with Gasteiger partial charge < -0.3 is 10.5 Å². The highest BCUT2D eigenvalue weighted by atomic mass is 16.5. The van der Waals surface area contributed by atoms with Crippen molar-refractivity contribution < 1.29 is 4.74 Å². The van der Waals surface area contributed by atoms with Gasteiger partial charge in [0.2, 0.25) is 0 Å². The molecule has 15 heavy (non-hydrogen) atoms. The zero-order chi connectivity index (χ0) is 11.1. The largest absolute Gasteiger partial charge is 0.495 e. The molecule has 1 aliphatic carbocycles. The van der Waals surface area contributed by atoms with E-state index in [0.717, 1.165) is 12.3 Å². The molecule has 3 heteroatoms. The average Bonchev–Trinajstić information content (AvgIpc) is 2.80. The Morgan fingerprint density at radius 3 is 2.73 bits per heavy atom. The van der Waals surface area contributed by atoms with Crippen molar-refractivity contribution in [2.24, 2.45) is 17.1 Å². The first-order valence-corrected chi connectivity index (χ1v) is 5.30. The Morgan fingerprint density at radius 1 is 1.47 bits per heavy atom. The second-order valence-electron chi connectivity index (χ2n) is 4.80. The normalized spacial score (nSPS) is 27.5. The van der Waals surface area contributed by atoms with Crippen molar-refractivity contribution in [3.8, 4) is 5.75 Å². The number of ether oxygens (including phenoxy) is 1. The molecule has 0 unspecified atom stereocenters. The summed E-state index contributed by atoms with van der Waals surface area (Å²) in [4.78, 5) is 4.19. The number of hydrogen-bond acceptors (Lipinski definition) is 3. The Morgan fingerprint density at radius 2 is 2.20 bits per heavy atom. The number of rotatable bonds is 3. The molecule has 0 aliphatic heterocycles. The van der Waals surface area contributed by atoms with Gasteiger partial charge in [0.25, 0.3) is 0 Å². The van der Waals surface area contributed by atoms with Crippen molar-refractivity contribution in [1.82, 2.24) is 4.98 Å². The summed E-state index contributed by atoms with van der Waals surface area (Å²) >= 11 is 0. The summed E-state index contributed by atoms with van der Waals surface area (Å²) in [5.41, 5.74) is 7.31. The second-order valence-corrected chi connectivity index (χ2v) is 4.80. The van der Waals surface area contributed by atoms with Gasteiger partial charge in [-0.15, -0.1) is 0 Å². The van der Waals surface area contributed by atoms with Crippen LogP contribution in [-0.2, 0) is 0 Å². The Kier molecular flexibility index (Phi) is 2.43. The third-order valence-corrected chi connectivity index (χ3v) is 3.63. The van der Waals surface area contributed by atoms with E-state index in [4.69, 9.17) is 10.5 Å². The number of pyridine rings is 1. The molecule has 1 saturated carbocycles. The molecule has 0 radical (unpaired) electrons. The molecule has 1 heterocycles. The van der Waals surface area contributed by atoms with E-state index in [1.165, 1.54) is 5.56 Å². The monoisotopic (exact) mass is 206 g/mol. The van der Waals surface area contributed by atoms with Gasteiger partial charge >= 0.3 is 0 Å². The van der Waals surface area contributed by atoms with Crippen LogP contribution < -0.4 is 10.5 Å². The van der Waals surface area contributed by atoms with Gasteiger partial charge in [-0.05, 0) is 35.4 Å². The zero-order valence-corrected chi connectivity index (χ0v) is 9.53. The summed E-state index contributed by atoms with van der Waals surface area (Å²) in [6, 6.07) is 2.06. The average molecular weight is 206 g/mol. The first-order chi connectivity index (χ1) is 7.11. The highest BCUT2D eigenvalue weighted by Gasteiger charge is 2.57. The topological polar surface area (TPSA) is 48.1 Å². The van der Waals surface area contributed by atoms with Crippen LogP contribution in [0.3, 0.4) is 0 Å². The van der Waals surface area contributed by atoms with Gasteiger partial charge in [0, 0.05) is 6.20 Å². The van der Waals surface area contributed by atoms with Gasteiger partial charge in [0.15, 0.2) is 0 Å².